The Hall–Kier alpha value is -1.90. The number of methoxy groups -OCH3 is 1. The smallest absolute Gasteiger partial charge is 0.168 e. The van der Waals surface area contributed by atoms with Crippen molar-refractivity contribution in [2.45, 2.75) is 32.6 Å². The topological polar surface area (TPSA) is 49.7 Å². The molecule has 0 fully saturated rings. The van der Waals surface area contributed by atoms with Gasteiger partial charge in [0.15, 0.2) is 11.5 Å². The van der Waals surface area contributed by atoms with Gasteiger partial charge >= 0.3 is 0 Å². The monoisotopic (exact) mass is 260 g/mol. The fourth-order valence-electron chi connectivity index (χ4n) is 2.44. The van der Waals surface area contributed by atoms with Crippen LogP contribution in [0.3, 0.4) is 0 Å². The third-order valence-corrected chi connectivity index (χ3v) is 3.45. The molecule has 0 saturated carbocycles. The van der Waals surface area contributed by atoms with Crippen molar-refractivity contribution >= 4 is 10.8 Å². The molecule has 0 saturated heterocycles. The van der Waals surface area contributed by atoms with E-state index in [-0.39, 0.29) is 11.5 Å². The van der Waals surface area contributed by atoms with Gasteiger partial charge in [-0.15, -0.1) is 0 Å². The van der Waals surface area contributed by atoms with E-state index >= 15 is 0 Å². The van der Waals surface area contributed by atoms with E-state index in [1.807, 2.05) is 18.2 Å². The van der Waals surface area contributed by atoms with E-state index in [4.69, 9.17) is 4.74 Å². The molecule has 0 unspecified atom stereocenters. The minimum atomic E-state index is 0.113. The summed E-state index contributed by atoms with van der Waals surface area (Å²) in [5.74, 6) is 0.732. The van der Waals surface area contributed by atoms with Crippen molar-refractivity contribution in [1.82, 2.24) is 0 Å². The molecule has 0 aliphatic heterocycles. The molecule has 0 aliphatic carbocycles. The number of hydrogen-bond acceptors (Lipinski definition) is 3. The first kappa shape index (κ1) is 13.5. The zero-order chi connectivity index (χ0) is 13.8. The van der Waals surface area contributed by atoms with Gasteiger partial charge in [0.2, 0.25) is 0 Å². The summed E-state index contributed by atoms with van der Waals surface area (Å²) in [5, 5.41) is 22.0. The molecule has 0 bridgehead atoms. The highest BCUT2D eigenvalue weighted by molar-refractivity contribution is 5.96. The van der Waals surface area contributed by atoms with Crippen LogP contribution in [0, 0.1) is 0 Å². The molecule has 0 atom stereocenters. The average molecular weight is 260 g/mol. The van der Waals surface area contributed by atoms with Crippen LogP contribution < -0.4 is 4.74 Å². The number of hydrogen-bond donors (Lipinski definition) is 2. The minimum Gasteiger partial charge on any atom is -0.507 e. The number of benzene rings is 2. The maximum absolute atomic E-state index is 10.4. The van der Waals surface area contributed by atoms with Gasteiger partial charge in [0, 0.05) is 16.3 Å². The summed E-state index contributed by atoms with van der Waals surface area (Å²) in [6.45, 7) is 2.13. The Balaban J connectivity index is 2.57. The Kier molecular flexibility index (Phi) is 4.15. The number of phenols is 2. The zero-order valence-corrected chi connectivity index (χ0v) is 11.4. The highest BCUT2D eigenvalue weighted by Gasteiger charge is 2.18. The number of ether oxygens (including phenoxy) is 1. The van der Waals surface area contributed by atoms with Gasteiger partial charge in [-0.1, -0.05) is 44.0 Å². The summed E-state index contributed by atoms with van der Waals surface area (Å²) < 4.78 is 5.29. The van der Waals surface area contributed by atoms with Crippen LogP contribution in [0.15, 0.2) is 24.3 Å². The van der Waals surface area contributed by atoms with E-state index in [0.717, 1.165) is 19.3 Å². The molecule has 19 heavy (non-hydrogen) atoms. The van der Waals surface area contributed by atoms with Gasteiger partial charge in [0.1, 0.15) is 5.75 Å². The molecule has 2 aromatic rings. The van der Waals surface area contributed by atoms with Crippen LogP contribution in [0.5, 0.6) is 17.2 Å². The number of rotatable bonds is 5. The van der Waals surface area contributed by atoms with E-state index in [1.54, 1.807) is 6.07 Å². The molecule has 0 spiro atoms. The molecule has 3 nitrogen and oxygen atoms in total. The molecule has 0 radical (unpaired) electrons. The van der Waals surface area contributed by atoms with E-state index < -0.39 is 0 Å². The predicted molar refractivity (Wildman–Crippen MR) is 77.1 cm³/mol. The second-order valence-electron chi connectivity index (χ2n) is 4.71. The summed E-state index contributed by atoms with van der Waals surface area (Å²) in [5.41, 5.74) is 0.701. The first-order valence-corrected chi connectivity index (χ1v) is 6.70. The second-order valence-corrected chi connectivity index (χ2v) is 4.71. The van der Waals surface area contributed by atoms with Gasteiger partial charge in [0.05, 0.1) is 7.11 Å². The van der Waals surface area contributed by atoms with Crippen LogP contribution in [0.25, 0.3) is 10.8 Å². The van der Waals surface area contributed by atoms with Crippen molar-refractivity contribution in [2.24, 2.45) is 0 Å². The molecule has 102 valence electrons. The summed E-state index contributed by atoms with van der Waals surface area (Å²) in [6.07, 6.45) is 3.89. The zero-order valence-electron chi connectivity index (χ0n) is 11.4. The molecule has 3 heteroatoms. The lowest BCUT2D eigenvalue weighted by Gasteiger charge is -2.15. The van der Waals surface area contributed by atoms with E-state index in [9.17, 15) is 10.2 Å². The number of fused-ring (bicyclic) bond motifs is 1. The van der Waals surface area contributed by atoms with Gasteiger partial charge in [-0.2, -0.15) is 0 Å². The Morgan fingerprint density at radius 2 is 1.63 bits per heavy atom. The molecule has 2 N–H and O–H groups in total. The molecule has 0 aromatic heterocycles. The van der Waals surface area contributed by atoms with Gasteiger partial charge < -0.3 is 14.9 Å². The quantitative estimate of drug-likeness (QED) is 0.631. The molecule has 0 amide bonds. The average Bonchev–Trinajstić information content (AvgIpc) is 2.44. The summed E-state index contributed by atoms with van der Waals surface area (Å²) >= 11 is 0. The van der Waals surface area contributed by atoms with Crippen molar-refractivity contribution < 1.29 is 14.9 Å². The third kappa shape index (κ3) is 2.46. The van der Waals surface area contributed by atoms with Gasteiger partial charge in [-0.05, 0) is 12.8 Å². The molecular formula is C16H20O3. The number of unbranched alkanes of at least 4 members (excludes halogenated alkanes) is 2. The number of aromatic hydroxyl groups is 2. The first-order chi connectivity index (χ1) is 9.20. The molecular weight excluding hydrogens is 240 g/mol. The largest absolute Gasteiger partial charge is 0.507 e. The summed E-state index contributed by atoms with van der Waals surface area (Å²) in [7, 11) is 1.52. The van der Waals surface area contributed by atoms with Crippen molar-refractivity contribution in [1.29, 1.82) is 0 Å². The van der Waals surface area contributed by atoms with Gasteiger partial charge in [-0.3, -0.25) is 0 Å². The maximum atomic E-state index is 10.4. The minimum absolute atomic E-state index is 0.113. The van der Waals surface area contributed by atoms with E-state index in [1.165, 1.54) is 7.11 Å². The van der Waals surface area contributed by atoms with Gasteiger partial charge in [-0.25, -0.2) is 0 Å². The van der Waals surface area contributed by atoms with Crippen molar-refractivity contribution in [3.8, 4) is 17.2 Å². The lowest BCUT2D eigenvalue weighted by molar-refractivity contribution is 0.366. The van der Waals surface area contributed by atoms with Crippen LogP contribution >= 0.6 is 0 Å². The lowest BCUT2D eigenvalue weighted by Crippen LogP contribution is -1.95. The standard InChI is InChI=1S/C16H20O3/c1-3-4-5-10-13-14(17)11-8-6-7-9-12(11)15(18)16(13)19-2/h6-9,17-18H,3-5,10H2,1-2H3. The Bertz CT molecular complexity index is 576. The fourth-order valence-corrected chi connectivity index (χ4v) is 2.44. The van der Waals surface area contributed by atoms with Crippen LogP contribution in [-0.2, 0) is 6.42 Å². The van der Waals surface area contributed by atoms with Crippen LogP contribution in [-0.4, -0.2) is 17.3 Å². The highest BCUT2D eigenvalue weighted by Crippen LogP contribution is 2.45. The second kappa shape index (κ2) is 5.83. The summed E-state index contributed by atoms with van der Waals surface area (Å²) in [6, 6.07) is 7.28. The van der Waals surface area contributed by atoms with Crippen LogP contribution in [0.1, 0.15) is 31.7 Å². The first-order valence-electron chi connectivity index (χ1n) is 6.70. The normalized spacial score (nSPS) is 10.8. The fraction of sp³-hybridized carbons (Fsp3) is 0.375. The Morgan fingerprint density at radius 1 is 1.00 bits per heavy atom. The predicted octanol–water partition coefficient (Wildman–Crippen LogP) is 3.99. The van der Waals surface area contributed by atoms with Crippen molar-refractivity contribution in [3.63, 3.8) is 0 Å². The van der Waals surface area contributed by atoms with Crippen LogP contribution in [0.4, 0.5) is 0 Å². The SMILES string of the molecule is CCCCCc1c(OC)c(O)c2ccccc2c1O. The van der Waals surface area contributed by atoms with E-state index in [0.29, 0.717) is 28.5 Å². The molecule has 0 aliphatic rings. The number of phenolic OH excluding ortho intramolecular Hbond substituents is 2. The van der Waals surface area contributed by atoms with Crippen molar-refractivity contribution in [3.05, 3.63) is 29.8 Å². The maximum Gasteiger partial charge on any atom is 0.168 e. The molecule has 0 heterocycles. The lowest BCUT2D eigenvalue weighted by atomic mass is 9.98. The Morgan fingerprint density at radius 3 is 2.21 bits per heavy atom. The van der Waals surface area contributed by atoms with Crippen LogP contribution in [0.2, 0.25) is 0 Å². The molecule has 2 aromatic carbocycles. The summed E-state index contributed by atoms with van der Waals surface area (Å²) in [4.78, 5) is 0. The third-order valence-electron chi connectivity index (χ3n) is 3.45. The highest BCUT2D eigenvalue weighted by atomic mass is 16.5. The molecule has 2 rings (SSSR count). The Labute approximate surface area is 113 Å². The van der Waals surface area contributed by atoms with E-state index in [2.05, 4.69) is 6.92 Å². The van der Waals surface area contributed by atoms with Gasteiger partial charge in [0.25, 0.3) is 0 Å². The van der Waals surface area contributed by atoms with Crippen molar-refractivity contribution in [2.75, 3.05) is 7.11 Å².